The van der Waals surface area contributed by atoms with Crippen molar-refractivity contribution in [2.24, 2.45) is 17.8 Å². The SMILES string of the molecule is C[C@@H]1C=CC[C@H]2C(=O)N(c3cccc(C(=O)[O-])c3)C(=O)[C@H]12. The molecule has 1 aliphatic carbocycles. The number of hydrogen-bond donors (Lipinski definition) is 0. The van der Waals surface area contributed by atoms with Crippen molar-refractivity contribution in [3.05, 3.63) is 42.0 Å². The number of carboxylic acid groups (broad SMARTS) is 1. The molecule has 3 rings (SSSR count). The van der Waals surface area contributed by atoms with E-state index < -0.39 is 5.97 Å². The first-order chi connectivity index (χ1) is 10.0. The van der Waals surface area contributed by atoms with Crippen molar-refractivity contribution in [2.75, 3.05) is 4.90 Å². The summed E-state index contributed by atoms with van der Waals surface area (Å²) in [4.78, 5) is 37.1. The molecule has 108 valence electrons. The van der Waals surface area contributed by atoms with Crippen molar-refractivity contribution in [1.29, 1.82) is 0 Å². The lowest BCUT2D eigenvalue weighted by Gasteiger charge is -2.22. The highest BCUT2D eigenvalue weighted by Crippen LogP contribution is 2.40. The van der Waals surface area contributed by atoms with Gasteiger partial charge in [0, 0.05) is 0 Å². The minimum atomic E-state index is -1.33. The average molecular weight is 284 g/mol. The highest BCUT2D eigenvalue weighted by atomic mass is 16.4. The number of anilines is 1. The molecule has 2 amide bonds. The summed E-state index contributed by atoms with van der Waals surface area (Å²) in [6.07, 6.45) is 4.43. The second-order valence-electron chi connectivity index (χ2n) is 5.50. The van der Waals surface area contributed by atoms with Crippen LogP contribution in [0, 0.1) is 17.8 Å². The number of carbonyl (C=O) groups is 3. The van der Waals surface area contributed by atoms with Gasteiger partial charge in [-0.25, -0.2) is 0 Å². The number of imide groups is 1. The molecule has 0 unspecified atom stereocenters. The van der Waals surface area contributed by atoms with Crippen LogP contribution in [0.5, 0.6) is 0 Å². The summed E-state index contributed by atoms with van der Waals surface area (Å²) in [5.74, 6) is -2.52. The Morgan fingerprint density at radius 1 is 1.29 bits per heavy atom. The van der Waals surface area contributed by atoms with E-state index in [2.05, 4.69) is 0 Å². The van der Waals surface area contributed by atoms with Gasteiger partial charge in [0.25, 0.3) is 0 Å². The lowest BCUT2D eigenvalue weighted by atomic mass is 9.78. The number of fused-ring (bicyclic) bond motifs is 1. The molecule has 5 heteroatoms. The number of nitrogens with zero attached hydrogens (tertiary/aromatic N) is 1. The van der Waals surface area contributed by atoms with Gasteiger partial charge in [-0.1, -0.05) is 31.2 Å². The Morgan fingerprint density at radius 2 is 2.05 bits per heavy atom. The number of carboxylic acids is 1. The fourth-order valence-corrected chi connectivity index (χ4v) is 3.17. The van der Waals surface area contributed by atoms with Crippen LogP contribution in [0.2, 0.25) is 0 Å². The number of aromatic carboxylic acids is 1. The van der Waals surface area contributed by atoms with Crippen LogP contribution in [0.1, 0.15) is 23.7 Å². The second-order valence-corrected chi connectivity index (χ2v) is 5.50. The second kappa shape index (κ2) is 4.84. The lowest BCUT2D eigenvalue weighted by Crippen LogP contribution is -2.32. The van der Waals surface area contributed by atoms with E-state index in [1.54, 1.807) is 6.07 Å². The molecule has 1 fully saturated rings. The van der Waals surface area contributed by atoms with Crippen molar-refractivity contribution < 1.29 is 19.5 Å². The Labute approximate surface area is 121 Å². The van der Waals surface area contributed by atoms with Gasteiger partial charge in [0.05, 0.1) is 23.5 Å². The summed E-state index contributed by atoms with van der Waals surface area (Å²) in [7, 11) is 0. The van der Waals surface area contributed by atoms with Crippen LogP contribution in [0.4, 0.5) is 5.69 Å². The fourth-order valence-electron chi connectivity index (χ4n) is 3.17. The molecule has 0 N–H and O–H groups in total. The van der Waals surface area contributed by atoms with Crippen LogP contribution < -0.4 is 10.0 Å². The molecular formula is C16H14NO4-. The van der Waals surface area contributed by atoms with Crippen LogP contribution >= 0.6 is 0 Å². The first-order valence-corrected chi connectivity index (χ1v) is 6.86. The molecule has 2 aliphatic rings. The van der Waals surface area contributed by atoms with E-state index >= 15 is 0 Å². The number of amides is 2. The van der Waals surface area contributed by atoms with Crippen molar-refractivity contribution in [3.8, 4) is 0 Å². The summed E-state index contributed by atoms with van der Waals surface area (Å²) in [6, 6.07) is 5.75. The number of benzene rings is 1. The van der Waals surface area contributed by atoms with Crippen LogP contribution in [0.15, 0.2) is 36.4 Å². The Morgan fingerprint density at radius 3 is 2.71 bits per heavy atom. The fraction of sp³-hybridized carbons (Fsp3) is 0.312. The Bertz CT molecular complexity index is 664. The monoisotopic (exact) mass is 284 g/mol. The van der Waals surface area contributed by atoms with Crippen LogP contribution in [0.3, 0.4) is 0 Å². The smallest absolute Gasteiger partial charge is 0.238 e. The van der Waals surface area contributed by atoms with Gasteiger partial charge in [-0.2, -0.15) is 0 Å². The Balaban J connectivity index is 2.00. The number of rotatable bonds is 2. The third-order valence-corrected chi connectivity index (χ3v) is 4.21. The van der Waals surface area contributed by atoms with E-state index in [0.717, 1.165) is 4.90 Å². The first-order valence-electron chi connectivity index (χ1n) is 6.86. The third kappa shape index (κ3) is 2.05. The van der Waals surface area contributed by atoms with Gasteiger partial charge in [-0.05, 0) is 30.0 Å². The van der Waals surface area contributed by atoms with Gasteiger partial charge >= 0.3 is 0 Å². The molecule has 1 aromatic carbocycles. The lowest BCUT2D eigenvalue weighted by molar-refractivity contribution is -0.255. The third-order valence-electron chi connectivity index (χ3n) is 4.21. The molecule has 0 aromatic heterocycles. The molecule has 1 aliphatic heterocycles. The maximum Gasteiger partial charge on any atom is 0.238 e. The molecule has 0 saturated carbocycles. The summed E-state index contributed by atoms with van der Waals surface area (Å²) >= 11 is 0. The van der Waals surface area contributed by atoms with Gasteiger partial charge in [0.1, 0.15) is 0 Å². The summed E-state index contributed by atoms with van der Waals surface area (Å²) in [5.41, 5.74) is 0.252. The largest absolute Gasteiger partial charge is 0.545 e. The van der Waals surface area contributed by atoms with Crippen molar-refractivity contribution in [3.63, 3.8) is 0 Å². The molecule has 1 aromatic rings. The molecule has 0 spiro atoms. The molecule has 1 heterocycles. The number of hydrogen-bond acceptors (Lipinski definition) is 4. The Kier molecular flexibility index (Phi) is 3.12. The van der Waals surface area contributed by atoms with E-state index in [4.69, 9.17) is 0 Å². The zero-order chi connectivity index (χ0) is 15.1. The van der Waals surface area contributed by atoms with Crippen LogP contribution in [-0.2, 0) is 9.59 Å². The summed E-state index contributed by atoms with van der Waals surface area (Å²) < 4.78 is 0. The molecule has 5 nitrogen and oxygen atoms in total. The molecule has 0 radical (unpaired) electrons. The molecule has 3 atom stereocenters. The van der Waals surface area contributed by atoms with E-state index in [1.165, 1.54) is 18.2 Å². The number of carbonyl (C=O) groups excluding carboxylic acids is 3. The van der Waals surface area contributed by atoms with Crippen LogP contribution in [0.25, 0.3) is 0 Å². The summed E-state index contributed by atoms with van der Waals surface area (Å²) in [5, 5.41) is 10.9. The molecular weight excluding hydrogens is 270 g/mol. The molecule has 0 bridgehead atoms. The molecule has 21 heavy (non-hydrogen) atoms. The maximum absolute atomic E-state index is 12.6. The minimum absolute atomic E-state index is 0.00882. The van der Waals surface area contributed by atoms with E-state index in [1.807, 2.05) is 19.1 Å². The Hall–Kier alpha value is -2.43. The van der Waals surface area contributed by atoms with Gasteiger partial charge < -0.3 is 9.90 Å². The van der Waals surface area contributed by atoms with Gasteiger partial charge in [0.15, 0.2) is 0 Å². The van der Waals surface area contributed by atoms with Gasteiger partial charge in [-0.15, -0.1) is 0 Å². The van der Waals surface area contributed by atoms with E-state index in [9.17, 15) is 19.5 Å². The number of allylic oxidation sites excluding steroid dienone is 2. The van der Waals surface area contributed by atoms with Crippen molar-refractivity contribution in [2.45, 2.75) is 13.3 Å². The molecule has 1 saturated heterocycles. The highest BCUT2D eigenvalue weighted by Gasteiger charge is 2.50. The van der Waals surface area contributed by atoms with Gasteiger partial charge in [0.2, 0.25) is 11.8 Å². The average Bonchev–Trinajstić information content (AvgIpc) is 2.72. The van der Waals surface area contributed by atoms with Gasteiger partial charge in [-0.3, -0.25) is 14.5 Å². The zero-order valence-corrected chi connectivity index (χ0v) is 11.5. The topological polar surface area (TPSA) is 77.5 Å². The first kappa shape index (κ1) is 13.5. The summed E-state index contributed by atoms with van der Waals surface area (Å²) in [6.45, 7) is 1.92. The predicted octanol–water partition coefficient (Wildman–Crippen LogP) is 0.752. The predicted molar refractivity (Wildman–Crippen MR) is 73.2 cm³/mol. The minimum Gasteiger partial charge on any atom is -0.545 e. The normalized spacial score (nSPS) is 27.9. The quantitative estimate of drug-likeness (QED) is 0.593. The standard InChI is InChI=1S/C16H15NO4/c1-9-4-2-7-12-13(9)15(19)17(14(12)18)11-6-3-5-10(8-11)16(20)21/h2-6,8-9,12-13H,7H2,1H3,(H,20,21)/p-1/t9-,12-,13-/m1/s1. The van der Waals surface area contributed by atoms with E-state index in [-0.39, 0.29) is 35.1 Å². The maximum atomic E-state index is 12.6. The van der Waals surface area contributed by atoms with Crippen molar-refractivity contribution >= 4 is 23.5 Å². The van der Waals surface area contributed by atoms with Crippen LogP contribution in [-0.4, -0.2) is 17.8 Å². The zero-order valence-electron chi connectivity index (χ0n) is 11.5. The highest BCUT2D eigenvalue weighted by molar-refractivity contribution is 6.22. The van der Waals surface area contributed by atoms with Crippen molar-refractivity contribution in [1.82, 2.24) is 0 Å². The van der Waals surface area contributed by atoms with E-state index in [0.29, 0.717) is 12.1 Å².